The van der Waals surface area contributed by atoms with E-state index in [0.29, 0.717) is 12.1 Å². The summed E-state index contributed by atoms with van der Waals surface area (Å²) in [6.07, 6.45) is 8.57. The van der Waals surface area contributed by atoms with Gasteiger partial charge in [-0.3, -0.25) is 19.4 Å². The third-order valence-electron chi connectivity index (χ3n) is 5.20. The Morgan fingerprint density at radius 3 is 2.80 bits per heavy atom. The van der Waals surface area contributed by atoms with Gasteiger partial charge in [0.15, 0.2) is 0 Å². The first kappa shape index (κ1) is 20.1. The normalized spacial score (nSPS) is 21.3. The minimum absolute atomic E-state index is 0.0151. The minimum atomic E-state index is -0.436. The molecule has 4 rings (SSSR count). The summed E-state index contributed by atoms with van der Waals surface area (Å²) in [7, 11) is 0. The van der Waals surface area contributed by atoms with Crippen molar-refractivity contribution in [3.8, 4) is 11.4 Å². The minimum Gasteiger partial charge on any atom is -0.394 e. The number of aryl methyl sites for hydroxylation is 1. The molecule has 30 heavy (non-hydrogen) atoms. The Morgan fingerprint density at radius 2 is 2.03 bits per heavy atom. The van der Waals surface area contributed by atoms with Crippen LogP contribution in [0.2, 0.25) is 0 Å². The first-order chi connectivity index (χ1) is 14.7. The Bertz CT molecular complexity index is 950. The van der Waals surface area contributed by atoms with E-state index in [0.717, 1.165) is 30.7 Å². The van der Waals surface area contributed by atoms with Gasteiger partial charge in [-0.2, -0.15) is 0 Å². The highest BCUT2D eigenvalue weighted by Gasteiger charge is 2.32. The van der Waals surface area contributed by atoms with Crippen molar-refractivity contribution in [1.29, 1.82) is 0 Å². The van der Waals surface area contributed by atoms with Gasteiger partial charge in [0.05, 0.1) is 30.6 Å². The summed E-state index contributed by atoms with van der Waals surface area (Å²) >= 11 is 0. The van der Waals surface area contributed by atoms with Crippen molar-refractivity contribution in [3.63, 3.8) is 0 Å². The maximum atomic E-state index is 12.4. The summed E-state index contributed by atoms with van der Waals surface area (Å²) in [5, 5.41) is 21.1. The summed E-state index contributed by atoms with van der Waals surface area (Å²) in [4.78, 5) is 20.6. The number of aliphatic hydroxyl groups is 1. The second kappa shape index (κ2) is 9.55. The molecule has 0 aliphatic carbocycles. The Morgan fingerprint density at radius 1 is 1.17 bits per heavy atom. The molecule has 1 aliphatic rings. The van der Waals surface area contributed by atoms with E-state index in [-0.39, 0.29) is 24.7 Å². The first-order valence-electron chi connectivity index (χ1n) is 10.0. The zero-order valence-electron chi connectivity index (χ0n) is 16.5. The van der Waals surface area contributed by atoms with E-state index in [1.165, 1.54) is 0 Å². The Balaban J connectivity index is 1.29. The van der Waals surface area contributed by atoms with Crippen molar-refractivity contribution in [1.82, 2.24) is 30.3 Å². The molecule has 0 saturated carbocycles. The topological polar surface area (TPSA) is 115 Å². The molecule has 0 bridgehead atoms. The highest BCUT2D eigenvalue weighted by molar-refractivity contribution is 5.94. The number of hydrogen-bond donors (Lipinski definition) is 2. The summed E-state index contributed by atoms with van der Waals surface area (Å²) in [6.45, 7) is 0.502. The fraction of sp³-hybridized carbons (Fsp3) is 0.381. The van der Waals surface area contributed by atoms with Crippen LogP contribution in [0.3, 0.4) is 0 Å². The van der Waals surface area contributed by atoms with Gasteiger partial charge in [0.25, 0.3) is 5.91 Å². The zero-order chi connectivity index (χ0) is 20.8. The standard InChI is InChI=1S/C21H24N6O3/c28-14-20-18(24-21(29)15-6-10-22-11-7-15)5-4-16(30-20)8-12-27-13-19(25-26-27)17-3-1-2-9-23-17/h1-3,6-7,9-11,13,16,18,20,28H,4-5,8,12,14H2,(H,24,29)/t16-,18-,20+/m0/s1. The molecule has 1 fully saturated rings. The number of nitrogens with zero attached hydrogens (tertiary/aromatic N) is 5. The van der Waals surface area contributed by atoms with Crippen LogP contribution in [0.1, 0.15) is 29.6 Å². The van der Waals surface area contributed by atoms with Gasteiger partial charge >= 0.3 is 0 Å². The molecular weight excluding hydrogens is 384 g/mol. The van der Waals surface area contributed by atoms with Crippen molar-refractivity contribution in [2.75, 3.05) is 6.61 Å². The van der Waals surface area contributed by atoms with Crippen molar-refractivity contribution in [2.45, 2.75) is 44.1 Å². The average Bonchev–Trinajstić information content (AvgIpc) is 3.28. The van der Waals surface area contributed by atoms with Gasteiger partial charge in [-0.15, -0.1) is 5.10 Å². The molecule has 9 heteroatoms. The number of hydrogen-bond acceptors (Lipinski definition) is 7. The van der Waals surface area contributed by atoms with Crippen LogP contribution in [0, 0.1) is 0 Å². The number of aromatic nitrogens is 5. The number of nitrogens with one attached hydrogen (secondary N) is 1. The van der Waals surface area contributed by atoms with Crippen LogP contribution in [-0.2, 0) is 11.3 Å². The monoisotopic (exact) mass is 408 g/mol. The van der Waals surface area contributed by atoms with E-state index < -0.39 is 6.10 Å². The third kappa shape index (κ3) is 4.87. The number of carbonyl (C=O) groups is 1. The van der Waals surface area contributed by atoms with Crippen LogP contribution in [0.25, 0.3) is 11.4 Å². The molecule has 1 amide bonds. The van der Waals surface area contributed by atoms with Gasteiger partial charge in [-0.05, 0) is 43.5 Å². The highest BCUT2D eigenvalue weighted by atomic mass is 16.5. The third-order valence-corrected chi connectivity index (χ3v) is 5.20. The lowest BCUT2D eigenvalue weighted by molar-refractivity contribution is -0.0912. The van der Waals surface area contributed by atoms with E-state index in [4.69, 9.17) is 4.74 Å². The van der Waals surface area contributed by atoms with Crippen molar-refractivity contribution in [3.05, 3.63) is 60.7 Å². The molecule has 0 unspecified atom stereocenters. The average molecular weight is 408 g/mol. The SMILES string of the molecule is O=C(N[C@H]1CC[C@@H](CCn2cc(-c3ccccn3)nn2)O[C@@H]1CO)c1ccncc1. The summed E-state index contributed by atoms with van der Waals surface area (Å²) in [5.41, 5.74) is 2.05. The van der Waals surface area contributed by atoms with Gasteiger partial charge in [0.1, 0.15) is 11.8 Å². The molecule has 9 nitrogen and oxygen atoms in total. The molecule has 1 aliphatic heterocycles. The molecule has 3 aromatic heterocycles. The Hall–Kier alpha value is -3.17. The number of amides is 1. The number of carbonyl (C=O) groups excluding carboxylic acids is 1. The zero-order valence-corrected chi connectivity index (χ0v) is 16.5. The molecule has 1 saturated heterocycles. The van der Waals surface area contributed by atoms with Crippen LogP contribution in [0.15, 0.2) is 55.1 Å². The Kier molecular flexibility index (Phi) is 6.41. The largest absolute Gasteiger partial charge is 0.394 e. The lowest BCUT2D eigenvalue weighted by Gasteiger charge is -2.36. The maximum Gasteiger partial charge on any atom is 0.251 e. The smallest absolute Gasteiger partial charge is 0.251 e. The molecule has 4 heterocycles. The number of ether oxygens (including phenoxy) is 1. The van der Waals surface area contributed by atoms with E-state index in [1.54, 1.807) is 35.4 Å². The van der Waals surface area contributed by atoms with E-state index in [1.807, 2.05) is 24.4 Å². The van der Waals surface area contributed by atoms with Crippen LogP contribution >= 0.6 is 0 Å². The molecule has 3 aromatic rings. The van der Waals surface area contributed by atoms with Crippen LogP contribution in [0.5, 0.6) is 0 Å². The Labute approximate surface area is 174 Å². The predicted molar refractivity (Wildman–Crippen MR) is 108 cm³/mol. The predicted octanol–water partition coefficient (Wildman–Crippen LogP) is 1.46. The molecule has 2 N–H and O–H groups in total. The van der Waals surface area contributed by atoms with Gasteiger partial charge in [0, 0.05) is 30.7 Å². The van der Waals surface area contributed by atoms with Crippen LogP contribution in [-0.4, -0.2) is 60.8 Å². The molecule has 3 atom stereocenters. The van der Waals surface area contributed by atoms with Crippen molar-refractivity contribution >= 4 is 5.91 Å². The quantitative estimate of drug-likeness (QED) is 0.608. The van der Waals surface area contributed by atoms with Crippen LogP contribution < -0.4 is 5.32 Å². The van der Waals surface area contributed by atoms with Crippen molar-refractivity contribution < 1.29 is 14.6 Å². The lowest BCUT2D eigenvalue weighted by atomic mass is 9.97. The molecule has 0 radical (unpaired) electrons. The highest BCUT2D eigenvalue weighted by Crippen LogP contribution is 2.23. The lowest BCUT2D eigenvalue weighted by Crippen LogP contribution is -2.51. The van der Waals surface area contributed by atoms with Gasteiger partial charge in [0.2, 0.25) is 0 Å². The molecule has 156 valence electrons. The molecule has 0 spiro atoms. The number of rotatable bonds is 7. The molecule has 0 aromatic carbocycles. The summed E-state index contributed by atoms with van der Waals surface area (Å²) in [5.74, 6) is -0.187. The van der Waals surface area contributed by atoms with E-state index in [2.05, 4.69) is 25.6 Å². The van der Waals surface area contributed by atoms with E-state index in [9.17, 15) is 9.90 Å². The van der Waals surface area contributed by atoms with Gasteiger partial charge in [-0.25, -0.2) is 0 Å². The number of pyridine rings is 2. The first-order valence-corrected chi connectivity index (χ1v) is 10.0. The maximum absolute atomic E-state index is 12.4. The van der Waals surface area contributed by atoms with Gasteiger partial charge < -0.3 is 15.2 Å². The summed E-state index contributed by atoms with van der Waals surface area (Å²) in [6, 6.07) is 8.76. The van der Waals surface area contributed by atoms with Crippen LogP contribution in [0.4, 0.5) is 0 Å². The van der Waals surface area contributed by atoms with Gasteiger partial charge in [-0.1, -0.05) is 11.3 Å². The number of aliphatic hydroxyl groups excluding tert-OH is 1. The summed E-state index contributed by atoms with van der Waals surface area (Å²) < 4.78 is 7.82. The fourth-order valence-corrected chi connectivity index (χ4v) is 3.58. The molecular formula is C21H24N6O3. The fourth-order valence-electron chi connectivity index (χ4n) is 3.58. The van der Waals surface area contributed by atoms with Crippen molar-refractivity contribution in [2.24, 2.45) is 0 Å². The van der Waals surface area contributed by atoms with E-state index >= 15 is 0 Å². The second-order valence-corrected chi connectivity index (χ2v) is 7.24. The second-order valence-electron chi connectivity index (χ2n) is 7.24.